The molecule has 2 heterocycles. The minimum atomic E-state index is -0.750. The lowest BCUT2D eigenvalue weighted by molar-refractivity contribution is -0.137. The zero-order valence-corrected chi connectivity index (χ0v) is 12.2. The second-order valence-electron chi connectivity index (χ2n) is 5.50. The SMILES string of the molecule is CCCC(C)(N)C(=O)N1CCN(c2ncccn2)CC1. The monoisotopic (exact) mass is 277 g/mol. The molecule has 20 heavy (non-hydrogen) atoms. The van der Waals surface area contributed by atoms with E-state index in [2.05, 4.69) is 14.9 Å². The summed E-state index contributed by atoms with van der Waals surface area (Å²) in [6.45, 7) is 6.71. The van der Waals surface area contributed by atoms with Crippen LogP contribution in [0.5, 0.6) is 0 Å². The molecule has 1 aliphatic rings. The zero-order valence-electron chi connectivity index (χ0n) is 12.2. The van der Waals surface area contributed by atoms with Crippen LogP contribution in [0.15, 0.2) is 18.5 Å². The Bertz CT molecular complexity index is 440. The van der Waals surface area contributed by atoms with Crippen molar-refractivity contribution in [3.8, 4) is 0 Å². The average molecular weight is 277 g/mol. The predicted molar refractivity (Wildman–Crippen MR) is 78.3 cm³/mol. The van der Waals surface area contributed by atoms with Gasteiger partial charge in [0.25, 0.3) is 0 Å². The van der Waals surface area contributed by atoms with Crippen LogP contribution in [-0.4, -0.2) is 52.5 Å². The maximum absolute atomic E-state index is 12.4. The number of nitrogens with zero attached hydrogens (tertiary/aromatic N) is 4. The Balaban J connectivity index is 1.93. The maximum Gasteiger partial charge on any atom is 0.242 e. The molecule has 1 aromatic rings. The number of aromatic nitrogens is 2. The molecule has 1 saturated heterocycles. The molecule has 1 aromatic heterocycles. The van der Waals surface area contributed by atoms with Gasteiger partial charge in [-0.2, -0.15) is 0 Å². The summed E-state index contributed by atoms with van der Waals surface area (Å²) in [4.78, 5) is 24.8. The van der Waals surface area contributed by atoms with E-state index in [0.29, 0.717) is 19.5 Å². The van der Waals surface area contributed by atoms with Gasteiger partial charge in [0.2, 0.25) is 11.9 Å². The number of hydrogen-bond acceptors (Lipinski definition) is 5. The van der Waals surface area contributed by atoms with Crippen LogP contribution in [0.2, 0.25) is 0 Å². The predicted octanol–water partition coefficient (Wildman–Crippen LogP) is 0.643. The number of carbonyl (C=O) groups excluding carboxylic acids is 1. The Hall–Kier alpha value is -1.69. The number of anilines is 1. The van der Waals surface area contributed by atoms with Gasteiger partial charge in [0.05, 0.1) is 5.54 Å². The van der Waals surface area contributed by atoms with E-state index in [9.17, 15) is 4.79 Å². The second-order valence-corrected chi connectivity index (χ2v) is 5.50. The molecule has 1 unspecified atom stereocenters. The summed E-state index contributed by atoms with van der Waals surface area (Å²) in [6, 6.07) is 1.80. The quantitative estimate of drug-likeness (QED) is 0.874. The molecule has 1 aliphatic heterocycles. The van der Waals surface area contributed by atoms with Crippen molar-refractivity contribution in [3.05, 3.63) is 18.5 Å². The molecule has 1 fully saturated rings. The number of piperazine rings is 1. The summed E-state index contributed by atoms with van der Waals surface area (Å²) in [5.74, 6) is 0.775. The lowest BCUT2D eigenvalue weighted by Gasteiger charge is -2.38. The summed E-state index contributed by atoms with van der Waals surface area (Å²) in [6.07, 6.45) is 5.10. The fourth-order valence-corrected chi connectivity index (χ4v) is 2.55. The topological polar surface area (TPSA) is 75.4 Å². The highest BCUT2D eigenvalue weighted by atomic mass is 16.2. The Morgan fingerprint density at radius 1 is 1.30 bits per heavy atom. The third kappa shape index (κ3) is 3.25. The van der Waals surface area contributed by atoms with Gasteiger partial charge < -0.3 is 15.5 Å². The highest BCUT2D eigenvalue weighted by molar-refractivity contribution is 5.85. The van der Waals surface area contributed by atoms with Gasteiger partial charge >= 0.3 is 0 Å². The number of carbonyl (C=O) groups is 1. The molecule has 6 heteroatoms. The fourth-order valence-electron chi connectivity index (χ4n) is 2.55. The van der Waals surface area contributed by atoms with Crippen molar-refractivity contribution in [2.45, 2.75) is 32.2 Å². The lowest BCUT2D eigenvalue weighted by Crippen LogP contribution is -2.58. The molecule has 2 rings (SSSR count). The molecule has 1 amide bonds. The van der Waals surface area contributed by atoms with Crippen LogP contribution >= 0.6 is 0 Å². The van der Waals surface area contributed by atoms with E-state index in [4.69, 9.17) is 5.73 Å². The summed E-state index contributed by atoms with van der Waals surface area (Å²) >= 11 is 0. The highest BCUT2D eigenvalue weighted by Gasteiger charge is 2.33. The van der Waals surface area contributed by atoms with E-state index >= 15 is 0 Å². The fraction of sp³-hybridized carbons (Fsp3) is 0.643. The van der Waals surface area contributed by atoms with Crippen molar-refractivity contribution in [2.24, 2.45) is 5.73 Å². The molecule has 0 spiro atoms. The maximum atomic E-state index is 12.4. The Morgan fingerprint density at radius 3 is 2.45 bits per heavy atom. The summed E-state index contributed by atoms with van der Waals surface area (Å²) < 4.78 is 0. The van der Waals surface area contributed by atoms with Crippen molar-refractivity contribution in [1.82, 2.24) is 14.9 Å². The van der Waals surface area contributed by atoms with Crippen LogP contribution in [0, 0.1) is 0 Å². The molecule has 6 nitrogen and oxygen atoms in total. The average Bonchev–Trinajstić information content (AvgIpc) is 2.47. The molecule has 0 aliphatic carbocycles. The number of hydrogen-bond donors (Lipinski definition) is 1. The first kappa shape index (κ1) is 14.7. The number of rotatable bonds is 4. The smallest absolute Gasteiger partial charge is 0.242 e. The minimum Gasteiger partial charge on any atom is -0.338 e. The summed E-state index contributed by atoms with van der Waals surface area (Å²) in [7, 11) is 0. The lowest BCUT2D eigenvalue weighted by atomic mass is 9.95. The van der Waals surface area contributed by atoms with Gasteiger partial charge in [0.15, 0.2) is 0 Å². The van der Waals surface area contributed by atoms with Crippen molar-refractivity contribution < 1.29 is 4.79 Å². The standard InChI is InChI=1S/C14H23N5O/c1-3-5-14(2,15)12(20)18-8-10-19(11-9-18)13-16-6-4-7-17-13/h4,6-7H,3,5,8-11,15H2,1-2H3. The van der Waals surface area contributed by atoms with E-state index in [0.717, 1.165) is 25.5 Å². The van der Waals surface area contributed by atoms with Gasteiger partial charge in [-0.15, -0.1) is 0 Å². The van der Waals surface area contributed by atoms with Crippen LogP contribution in [0.3, 0.4) is 0 Å². The minimum absolute atomic E-state index is 0.0491. The van der Waals surface area contributed by atoms with Gasteiger partial charge in [-0.25, -0.2) is 9.97 Å². The van der Waals surface area contributed by atoms with Gasteiger partial charge in [-0.3, -0.25) is 4.79 Å². The van der Waals surface area contributed by atoms with Crippen LogP contribution in [-0.2, 0) is 4.79 Å². The van der Waals surface area contributed by atoms with Crippen LogP contribution in [0.1, 0.15) is 26.7 Å². The van der Waals surface area contributed by atoms with Gasteiger partial charge in [0.1, 0.15) is 0 Å². The Kier molecular flexibility index (Phi) is 4.54. The molecule has 2 N–H and O–H groups in total. The third-order valence-corrected chi connectivity index (χ3v) is 3.66. The van der Waals surface area contributed by atoms with Crippen LogP contribution < -0.4 is 10.6 Å². The normalized spacial score (nSPS) is 18.8. The Morgan fingerprint density at radius 2 is 1.90 bits per heavy atom. The summed E-state index contributed by atoms with van der Waals surface area (Å²) in [5.41, 5.74) is 5.37. The molecular formula is C14H23N5O. The first-order valence-corrected chi connectivity index (χ1v) is 7.15. The summed E-state index contributed by atoms with van der Waals surface area (Å²) in [5, 5.41) is 0. The van der Waals surface area contributed by atoms with E-state index < -0.39 is 5.54 Å². The van der Waals surface area contributed by atoms with Gasteiger partial charge in [-0.1, -0.05) is 13.3 Å². The van der Waals surface area contributed by atoms with Gasteiger partial charge in [0, 0.05) is 38.6 Å². The Labute approximate surface area is 120 Å². The first-order chi connectivity index (χ1) is 9.54. The molecular weight excluding hydrogens is 254 g/mol. The van der Waals surface area contributed by atoms with Crippen LogP contribution in [0.4, 0.5) is 5.95 Å². The molecule has 1 atom stereocenters. The molecule has 0 bridgehead atoms. The molecule has 110 valence electrons. The van der Waals surface area contributed by atoms with Crippen LogP contribution in [0.25, 0.3) is 0 Å². The largest absolute Gasteiger partial charge is 0.338 e. The van der Waals surface area contributed by atoms with E-state index in [-0.39, 0.29) is 5.91 Å². The zero-order chi connectivity index (χ0) is 14.6. The van der Waals surface area contributed by atoms with Crippen molar-refractivity contribution in [1.29, 1.82) is 0 Å². The van der Waals surface area contributed by atoms with Crippen molar-refractivity contribution in [3.63, 3.8) is 0 Å². The van der Waals surface area contributed by atoms with Crippen molar-refractivity contribution >= 4 is 11.9 Å². The number of amides is 1. The van der Waals surface area contributed by atoms with E-state index in [1.807, 2.05) is 18.7 Å². The number of nitrogens with two attached hydrogens (primary N) is 1. The van der Waals surface area contributed by atoms with Crippen molar-refractivity contribution in [2.75, 3.05) is 31.1 Å². The van der Waals surface area contributed by atoms with Gasteiger partial charge in [-0.05, 0) is 19.4 Å². The van der Waals surface area contributed by atoms with E-state index in [1.165, 1.54) is 0 Å². The molecule has 0 aromatic carbocycles. The molecule has 0 radical (unpaired) electrons. The van der Waals surface area contributed by atoms with E-state index in [1.54, 1.807) is 18.5 Å². The first-order valence-electron chi connectivity index (χ1n) is 7.15. The second kappa shape index (κ2) is 6.17. The highest BCUT2D eigenvalue weighted by Crippen LogP contribution is 2.16. The molecule has 0 saturated carbocycles. The third-order valence-electron chi connectivity index (χ3n) is 3.66.